The molecule has 0 fully saturated rings. The van der Waals surface area contributed by atoms with Gasteiger partial charge in [0.05, 0.1) is 16.8 Å². The standard InChI is InChI=1S/C15H27N3O2/c1-7-11-9-12(18(8-2)17-11)10-16-15(5,6)14(3,4)13(19)20/h9,16H,7-8,10H2,1-6H3,(H,19,20). The molecule has 5 nitrogen and oxygen atoms in total. The van der Waals surface area contributed by atoms with Crippen molar-refractivity contribution in [2.45, 2.75) is 66.6 Å². The first-order valence-corrected chi connectivity index (χ1v) is 7.19. The molecule has 20 heavy (non-hydrogen) atoms. The number of nitrogens with one attached hydrogen (secondary N) is 1. The summed E-state index contributed by atoms with van der Waals surface area (Å²) < 4.78 is 1.97. The average Bonchev–Trinajstić information content (AvgIpc) is 2.78. The van der Waals surface area contributed by atoms with Crippen LogP contribution in [-0.2, 0) is 24.3 Å². The van der Waals surface area contributed by atoms with Crippen LogP contribution in [-0.4, -0.2) is 26.4 Å². The van der Waals surface area contributed by atoms with Crippen LogP contribution in [0.1, 0.15) is 52.9 Å². The number of hydrogen-bond acceptors (Lipinski definition) is 3. The Bertz CT molecular complexity index is 475. The summed E-state index contributed by atoms with van der Waals surface area (Å²) in [5.41, 5.74) is 0.795. The summed E-state index contributed by atoms with van der Waals surface area (Å²) in [5, 5.41) is 17.2. The fraction of sp³-hybridized carbons (Fsp3) is 0.733. The highest BCUT2D eigenvalue weighted by Gasteiger charge is 2.43. The molecule has 0 saturated heterocycles. The maximum absolute atomic E-state index is 11.4. The number of carboxylic acid groups (broad SMARTS) is 1. The molecule has 0 atom stereocenters. The summed E-state index contributed by atoms with van der Waals surface area (Å²) in [7, 11) is 0. The van der Waals surface area contributed by atoms with Gasteiger partial charge in [0.25, 0.3) is 0 Å². The molecule has 0 amide bonds. The number of aromatic nitrogens is 2. The lowest BCUT2D eigenvalue weighted by atomic mass is 9.74. The van der Waals surface area contributed by atoms with Gasteiger partial charge in [-0.05, 0) is 47.1 Å². The summed E-state index contributed by atoms with van der Waals surface area (Å²) in [5.74, 6) is -0.798. The highest BCUT2D eigenvalue weighted by Crippen LogP contribution is 2.31. The third-order valence-electron chi connectivity index (χ3n) is 4.38. The number of aryl methyl sites for hydroxylation is 2. The molecule has 0 bridgehead atoms. The number of hydrogen-bond donors (Lipinski definition) is 2. The van der Waals surface area contributed by atoms with Crippen molar-refractivity contribution in [2.24, 2.45) is 5.41 Å². The van der Waals surface area contributed by atoms with Gasteiger partial charge >= 0.3 is 5.97 Å². The van der Waals surface area contributed by atoms with E-state index in [1.165, 1.54) is 0 Å². The van der Waals surface area contributed by atoms with Crippen molar-refractivity contribution >= 4 is 5.97 Å². The molecule has 114 valence electrons. The van der Waals surface area contributed by atoms with Crippen molar-refractivity contribution in [3.05, 3.63) is 17.5 Å². The predicted octanol–water partition coefficient (Wildman–Crippen LogP) is 2.44. The van der Waals surface area contributed by atoms with Gasteiger partial charge in [0.15, 0.2) is 0 Å². The van der Waals surface area contributed by atoms with Crippen LogP contribution in [0.25, 0.3) is 0 Å². The smallest absolute Gasteiger partial charge is 0.310 e. The highest BCUT2D eigenvalue weighted by molar-refractivity contribution is 5.75. The van der Waals surface area contributed by atoms with Crippen LogP contribution in [0, 0.1) is 5.41 Å². The minimum atomic E-state index is -0.850. The van der Waals surface area contributed by atoms with Crippen LogP contribution >= 0.6 is 0 Å². The zero-order valence-corrected chi connectivity index (χ0v) is 13.4. The summed E-state index contributed by atoms with van der Waals surface area (Å²) in [6.07, 6.45) is 0.907. The molecule has 1 rings (SSSR count). The van der Waals surface area contributed by atoms with E-state index in [1.54, 1.807) is 13.8 Å². The fourth-order valence-electron chi connectivity index (χ4n) is 1.90. The van der Waals surface area contributed by atoms with Gasteiger partial charge in [-0.3, -0.25) is 9.48 Å². The summed E-state index contributed by atoms with van der Waals surface area (Å²) in [4.78, 5) is 11.4. The first kappa shape index (κ1) is 16.7. The molecular weight excluding hydrogens is 254 g/mol. The van der Waals surface area contributed by atoms with E-state index in [4.69, 9.17) is 0 Å². The third-order valence-corrected chi connectivity index (χ3v) is 4.38. The van der Waals surface area contributed by atoms with Gasteiger partial charge in [-0.15, -0.1) is 0 Å². The summed E-state index contributed by atoms with van der Waals surface area (Å²) >= 11 is 0. The Kier molecular flexibility index (Phi) is 4.97. The average molecular weight is 281 g/mol. The number of aliphatic carboxylic acids is 1. The Balaban J connectivity index is 2.85. The van der Waals surface area contributed by atoms with E-state index in [9.17, 15) is 9.90 Å². The Labute approximate surface area is 121 Å². The van der Waals surface area contributed by atoms with Crippen molar-refractivity contribution < 1.29 is 9.90 Å². The van der Waals surface area contributed by atoms with Crippen molar-refractivity contribution in [2.75, 3.05) is 0 Å². The van der Waals surface area contributed by atoms with Crippen molar-refractivity contribution in [1.82, 2.24) is 15.1 Å². The molecule has 1 heterocycles. The molecule has 2 N–H and O–H groups in total. The minimum absolute atomic E-state index is 0.520. The quantitative estimate of drug-likeness (QED) is 0.805. The Hall–Kier alpha value is -1.36. The first-order valence-electron chi connectivity index (χ1n) is 7.19. The van der Waals surface area contributed by atoms with Crippen LogP contribution in [0.3, 0.4) is 0 Å². The molecule has 1 aromatic rings. The van der Waals surface area contributed by atoms with Gasteiger partial charge in [0.2, 0.25) is 0 Å². The molecule has 0 saturated carbocycles. The van der Waals surface area contributed by atoms with E-state index < -0.39 is 16.9 Å². The summed E-state index contributed by atoms with van der Waals surface area (Å²) in [6.45, 7) is 12.9. The van der Waals surface area contributed by atoms with Crippen molar-refractivity contribution in [3.63, 3.8) is 0 Å². The van der Waals surface area contributed by atoms with Gasteiger partial charge in [0, 0.05) is 18.6 Å². The van der Waals surface area contributed by atoms with E-state index in [0.29, 0.717) is 6.54 Å². The Morgan fingerprint density at radius 3 is 2.40 bits per heavy atom. The van der Waals surface area contributed by atoms with E-state index in [0.717, 1.165) is 24.4 Å². The zero-order valence-electron chi connectivity index (χ0n) is 13.4. The predicted molar refractivity (Wildman–Crippen MR) is 79.6 cm³/mol. The SMILES string of the molecule is CCc1cc(CNC(C)(C)C(C)(C)C(=O)O)n(CC)n1. The van der Waals surface area contributed by atoms with Gasteiger partial charge in [-0.25, -0.2) is 0 Å². The highest BCUT2D eigenvalue weighted by atomic mass is 16.4. The fourth-order valence-corrected chi connectivity index (χ4v) is 1.90. The van der Waals surface area contributed by atoms with Crippen LogP contribution in [0.4, 0.5) is 0 Å². The van der Waals surface area contributed by atoms with E-state index in [1.807, 2.05) is 18.5 Å². The van der Waals surface area contributed by atoms with Crippen LogP contribution < -0.4 is 5.32 Å². The number of nitrogens with zero attached hydrogens (tertiary/aromatic N) is 2. The zero-order chi connectivity index (χ0) is 15.6. The first-order chi connectivity index (χ1) is 9.15. The van der Waals surface area contributed by atoms with Gasteiger partial charge in [-0.1, -0.05) is 6.92 Å². The topological polar surface area (TPSA) is 67.2 Å². The molecule has 0 aliphatic carbocycles. The maximum atomic E-state index is 11.4. The Morgan fingerprint density at radius 1 is 1.35 bits per heavy atom. The van der Waals surface area contributed by atoms with Gasteiger partial charge in [-0.2, -0.15) is 5.10 Å². The largest absolute Gasteiger partial charge is 0.481 e. The molecule has 1 aromatic heterocycles. The lowest BCUT2D eigenvalue weighted by molar-refractivity contribution is -0.151. The molecule has 0 radical (unpaired) electrons. The molecule has 0 spiro atoms. The minimum Gasteiger partial charge on any atom is -0.481 e. The second kappa shape index (κ2) is 5.95. The number of carbonyl (C=O) groups is 1. The van der Waals surface area contributed by atoms with Crippen LogP contribution in [0.2, 0.25) is 0 Å². The second-order valence-corrected chi connectivity index (χ2v) is 6.21. The summed E-state index contributed by atoms with van der Waals surface area (Å²) in [6, 6.07) is 2.08. The van der Waals surface area contributed by atoms with Gasteiger partial charge in [0.1, 0.15) is 0 Å². The third kappa shape index (κ3) is 3.20. The lowest BCUT2D eigenvalue weighted by Gasteiger charge is -2.39. The normalized spacial score (nSPS) is 12.7. The van der Waals surface area contributed by atoms with E-state index >= 15 is 0 Å². The number of rotatable bonds is 7. The van der Waals surface area contributed by atoms with E-state index in [-0.39, 0.29) is 0 Å². The maximum Gasteiger partial charge on any atom is 0.310 e. The molecule has 0 aliphatic heterocycles. The van der Waals surface area contributed by atoms with Gasteiger partial charge < -0.3 is 10.4 Å². The molecule has 5 heteroatoms. The second-order valence-electron chi connectivity index (χ2n) is 6.21. The Morgan fingerprint density at radius 2 is 1.95 bits per heavy atom. The van der Waals surface area contributed by atoms with E-state index in [2.05, 4.69) is 30.3 Å². The van der Waals surface area contributed by atoms with Crippen molar-refractivity contribution in [3.8, 4) is 0 Å². The molecular formula is C15H27N3O2. The monoisotopic (exact) mass is 281 g/mol. The van der Waals surface area contributed by atoms with Crippen molar-refractivity contribution in [1.29, 1.82) is 0 Å². The molecule has 0 unspecified atom stereocenters. The molecule has 0 aromatic carbocycles. The van der Waals surface area contributed by atoms with Crippen LogP contribution in [0.5, 0.6) is 0 Å². The van der Waals surface area contributed by atoms with Crippen LogP contribution in [0.15, 0.2) is 6.07 Å². The number of carboxylic acids is 1. The molecule has 0 aliphatic rings. The lowest BCUT2D eigenvalue weighted by Crippen LogP contribution is -2.54.